The molecule has 0 aliphatic heterocycles. The molecule has 0 fully saturated rings. The molecule has 0 spiro atoms. The van der Waals surface area contributed by atoms with Crippen molar-refractivity contribution in [3.63, 3.8) is 0 Å². The van der Waals surface area contributed by atoms with Gasteiger partial charge in [-0.25, -0.2) is 0 Å². The van der Waals surface area contributed by atoms with Crippen molar-refractivity contribution in [2.45, 2.75) is 6.42 Å². The van der Waals surface area contributed by atoms with Crippen molar-refractivity contribution in [2.75, 3.05) is 13.7 Å². The first kappa shape index (κ1) is 13.5. The zero-order chi connectivity index (χ0) is 13.7. The molecular weight excluding hydrogens is 270 g/mol. The van der Waals surface area contributed by atoms with Crippen LogP contribution in [0, 0.1) is 0 Å². The number of benzene rings is 1. The molecule has 1 heterocycles. The van der Waals surface area contributed by atoms with Crippen molar-refractivity contribution in [3.8, 4) is 17.8 Å². The Hall–Kier alpha value is -1.92. The number of hydrogen-bond acceptors (Lipinski definition) is 6. The number of aromatic nitrogens is 3. The van der Waals surface area contributed by atoms with E-state index in [9.17, 15) is 0 Å². The van der Waals surface area contributed by atoms with Crippen LogP contribution in [0.4, 0.5) is 0 Å². The topological polar surface area (TPSA) is 77.4 Å². The van der Waals surface area contributed by atoms with Crippen LogP contribution in [-0.2, 0) is 6.42 Å². The van der Waals surface area contributed by atoms with E-state index in [1.165, 1.54) is 7.11 Å². The van der Waals surface area contributed by atoms with Crippen LogP contribution in [0.2, 0.25) is 5.28 Å². The first-order valence-electron chi connectivity index (χ1n) is 5.55. The molecule has 2 rings (SSSR count). The monoisotopic (exact) mass is 281 g/mol. The Morgan fingerprint density at radius 3 is 2.63 bits per heavy atom. The lowest BCUT2D eigenvalue weighted by Gasteiger charge is -2.09. The van der Waals surface area contributed by atoms with Crippen molar-refractivity contribution in [2.24, 2.45) is 0 Å². The molecule has 0 radical (unpaired) electrons. The summed E-state index contributed by atoms with van der Waals surface area (Å²) in [6, 6.07) is 7.41. The number of rotatable bonds is 5. The normalized spacial score (nSPS) is 10.3. The lowest BCUT2D eigenvalue weighted by molar-refractivity contribution is 0.297. The maximum absolute atomic E-state index is 9.00. The summed E-state index contributed by atoms with van der Waals surface area (Å²) in [5.74, 6) is 0.556. The molecular formula is C12H12ClN3O3. The van der Waals surface area contributed by atoms with Crippen LogP contribution >= 0.6 is 11.6 Å². The summed E-state index contributed by atoms with van der Waals surface area (Å²) in [4.78, 5) is 11.5. The standard InChI is InChI=1S/C12H12ClN3O3/c1-18-11-14-10(13)15-12(16-11)19-9-5-3-2-4-8(9)6-7-17/h2-5,17H,6-7H2,1H3. The van der Waals surface area contributed by atoms with Crippen molar-refractivity contribution in [3.05, 3.63) is 35.1 Å². The van der Waals surface area contributed by atoms with E-state index in [1.807, 2.05) is 18.2 Å². The highest BCUT2D eigenvalue weighted by atomic mass is 35.5. The third-order valence-corrected chi connectivity index (χ3v) is 2.47. The molecule has 1 N–H and O–H groups in total. The van der Waals surface area contributed by atoms with Gasteiger partial charge >= 0.3 is 12.0 Å². The van der Waals surface area contributed by atoms with E-state index in [2.05, 4.69) is 15.0 Å². The molecule has 100 valence electrons. The van der Waals surface area contributed by atoms with E-state index in [0.717, 1.165) is 5.56 Å². The molecule has 1 aromatic carbocycles. The van der Waals surface area contributed by atoms with Crippen LogP contribution < -0.4 is 9.47 Å². The molecule has 0 saturated heterocycles. The van der Waals surface area contributed by atoms with Crippen molar-refractivity contribution >= 4 is 11.6 Å². The van der Waals surface area contributed by atoms with Gasteiger partial charge in [-0.2, -0.15) is 9.97 Å². The number of hydrogen-bond donors (Lipinski definition) is 1. The fraction of sp³-hybridized carbons (Fsp3) is 0.250. The molecule has 2 aromatic rings. The Kier molecular flexibility index (Phi) is 4.48. The number of aliphatic hydroxyl groups is 1. The maximum Gasteiger partial charge on any atom is 0.329 e. The van der Waals surface area contributed by atoms with Crippen LogP contribution in [0.1, 0.15) is 5.56 Å². The second-order valence-corrected chi connectivity index (χ2v) is 3.90. The first-order chi connectivity index (χ1) is 9.22. The van der Waals surface area contributed by atoms with Crippen LogP contribution in [0.3, 0.4) is 0 Å². The lowest BCUT2D eigenvalue weighted by atomic mass is 10.1. The third kappa shape index (κ3) is 3.52. The lowest BCUT2D eigenvalue weighted by Crippen LogP contribution is -2.01. The summed E-state index contributed by atoms with van der Waals surface area (Å²) in [7, 11) is 1.43. The summed E-state index contributed by atoms with van der Waals surface area (Å²) in [6.45, 7) is 0.0294. The van der Waals surface area contributed by atoms with Crippen LogP contribution in [-0.4, -0.2) is 33.8 Å². The predicted octanol–water partition coefficient (Wildman–Crippen LogP) is 1.86. The van der Waals surface area contributed by atoms with Crippen molar-refractivity contribution < 1.29 is 14.6 Å². The summed E-state index contributed by atoms with van der Waals surface area (Å²) in [6.07, 6.45) is 0.478. The van der Waals surface area contributed by atoms with E-state index in [4.69, 9.17) is 26.2 Å². The molecule has 0 unspecified atom stereocenters. The fourth-order valence-electron chi connectivity index (χ4n) is 1.48. The predicted molar refractivity (Wildman–Crippen MR) is 68.7 cm³/mol. The molecule has 0 saturated carbocycles. The van der Waals surface area contributed by atoms with E-state index in [-0.39, 0.29) is 23.9 Å². The minimum absolute atomic E-state index is 0.0125. The van der Waals surface area contributed by atoms with Gasteiger partial charge in [-0.3, -0.25) is 0 Å². The van der Waals surface area contributed by atoms with Gasteiger partial charge < -0.3 is 14.6 Å². The fourth-order valence-corrected chi connectivity index (χ4v) is 1.62. The van der Waals surface area contributed by atoms with E-state index in [1.54, 1.807) is 6.07 Å². The molecule has 19 heavy (non-hydrogen) atoms. The second kappa shape index (κ2) is 6.31. The Balaban J connectivity index is 2.28. The van der Waals surface area contributed by atoms with Gasteiger partial charge in [0.15, 0.2) is 0 Å². The molecule has 1 aromatic heterocycles. The van der Waals surface area contributed by atoms with E-state index < -0.39 is 0 Å². The Morgan fingerprint density at radius 1 is 1.16 bits per heavy atom. The molecule has 6 nitrogen and oxygen atoms in total. The highest BCUT2D eigenvalue weighted by molar-refractivity contribution is 6.28. The van der Waals surface area contributed by atoms with Gasteiger partial charge in [0.1, 0.15) is 5.75 Å². The summed E-state index contributed by atoms with van der Waals surface area (Å²) < 4.78 is 10.4. The molecule has 0 aliphatic carbocycles. The van der Waals surface area contributed by atoms with Crippen LogP contribution in [0.15, 0.2) is 24.3 Å². The summed E-state index contributed by atoms with van der Waals surface area (Å²) in [5, 5.41) is 8.99. The summed E-state index contributed by atoms with van der Waals surface area (Å²) in [5.41, 5.74) is 0.848. The largest absolute Gasteiger partial charge is 0.467 e. The quantitative estimate of drug-likeness (QED) is 0.901. The van der Waals surface area contributed by atoms with Crippen LogP contribution in [0.25, 0.3) is 0 Å². The minimum Gasteiger partial charge on any atom is -0.467 e. The summed E-state index contributed by atoms with van der Waals surface area (Å²) >= 11 is 5.73. The Labute approximate surface area is 115 Å². The van der Waals surface area contributed by atoms with Gasteiger partial charge in [0.2, 0.25) is 5.28 Å². The van der Waals surface area contributed by atoms with Crippen molar-refractivity contribution in [1.82, 2.24) is 15.0 Å². The number of methoxy groups -OCH3 is 1. The van der Waals surface area contributed by atoms with Gasteiger partial charge in [-0.1, -0.05) is 18.2 Å². The number of ether oxygens (including phenoxy) is 2. The average molecular weight is 282 g/mol. The molecule has 0 amide bonds. The van der Waals surface area contributed by atoms with Crippen LogP contribution in [0.5, 0.6) is 17.8 Å². The van der Waals surface area contributed by atoms with E-state index in [0.29, 0.717) is 12.2 Å². The number of nitrogens with zero attached hydrogens (tertiary/aromatic N) is 3. The molecule has 0 aliphatic rings. The number of para-hydroxylation sites is 1. The molecule has 0 atom stereocenters. The minimum atomic E-state index is -0.0125. The Morgan fingerprint density at radius 2 is 1.89 bits per heavy atom. The van der Waals surface area contributed by atoms with Gasteiger partial charge in [-0.15, -0.1) is 4.98 Å². The maximum atomic E-state index is 9.00. The highest BCUT2D eigenvalue weighted by Gasteiger charge is 2.09. The first-order valence-corrected chi connectivity index (χ1v) is 5.93. The zero-order valence-corrected chi connectivity index (χ0v) is 11.0. The second-order valence-electron chi connectivity index (χ2n) is 3.56. The zero-order valence-electron chi connectivity index (χ0n) is 10.2. The average Bonchev–Trinajstić information content (AvgIpc) is 2.40. The highest BCUT2D eigenvalue weighted by Crippen LogP contribution is 2.24. The smallest absolute Gasteiger partial charge is 0.329 e. The SMILES string of the molecule is COc1nc(Cl)nc(Oc2ccccc2CCO)n1. The molecule has 0 bridgehead atoms. The van der Waals surface area contributed by atoms with Gasteiger partial charge in [-0.05, 0) is 29.7 Å². The molecule has 7 heteroatoms. The third-order valence-electron chi connectivity index (χ3n) is 2.30. The van der Waals surface area contributed by atoms with Crippen molar-refractivity contribution in [1.29, 1.82) is 0 Å². The Bertz CT molecular complexity index is 566. The van der Waals surface area contributed by atoms with Gasteiger partial charge in [0.05, 0.1) is 7.11 Å². The number of aliphatic hydroxyl groups excluding tert-OH is 1. The van der Waals surface area contributed by atoms with Gasteiger partial charge in [0, 0.05) is 6.61 Å². The van der Waals surface area contributed by atoms with E-state index >= 15 is 0 Å². The van der Waals surface area contributed by atoms with Gasteiger partial charge in [0.25, 0.3) is 0 Å². The number of halogens is 1.